The maximum absolute atomic E-state index is 14.9. The standard InChI is InChI=1S/C25H21ClF4N6O/c26-15-1-4-18(19(27)8-15)21-22-24(33-16(11-31-22)9-25(28,29)30)35-23(34-21)13-5-6-37-20(7-13)14-10-32-36(12-14)17-2-3-17/h1,4,8,10-13,17,20H,2-3,5-7,9H2/t13-,20-/m1/s1. The average molecular weight is 533 g/mol. The van der Waals surface area contributed by atoms with Crippen LogP contribution in [0, 0.1) is 5.82 Å². The van der Waals surface area contributed by atoms with Crippen molar-refractivity contribution in [3.05, 3.63) is 64.7 Å². The maximum atomic E-state index is 14.9. The smallest absolute Gasteiger partial charge is 0.373 e. The third-order valence-electron chi connectivity index (χ3n) is 6.61. The fourth-order valence-corrected chi connectivity index (χ4v) is 4.78. The van der Waals surface area contributed by atoms with Crippen LogP contribution in [0.3, 0.4) is 0 Å². The molecule has 1 saturated carbocycles. The summed E-state index contributed by atoms with van der Waals surface area (Å²) in [6.07, 6.45) is 2.25. The van der Waals surface area contributed by atoms with Crippen LogP contribution in [0.25, 0.3) is 22.4 Å². The predicted molar refractivity (Wildman–Crippen MR) is 126 cm³/mol. The van der Waals surface area contributed by atoms with Crippen LogP contribution in [-0.2, 0) is 11.2 Å². The van der Waals surface area contributed by atoms with E-state index in [1.165, 1.54) is 12.1 Å². The fourth-order valence-electron chi connectivity index (χ4n) is 4.62. The Balaban J connectivity index is 1.40. The van der Waals surface area contributed by atoms with E-state index in [0.717, 1.165) is 30.7 Å². The van der Waals surface area contributed by atoms with Gasteiger partial charge in [0.05, 0.1) is 30.5 Å². The summed E-state index contributed by atoms with van der Waals surface area (Å²) in [5.74, 6) is -0.454. The molecular formula is C25H21ClF4N6O. The van der Waals surface area contributed by atoms with Crippen molar-refractivity contribution < 1.29 is 22.3 Å². The first-order valence-corrected chi connectivity index (χ1v) is 12.3. The van der Waals surface area contributed by atoms with Crippen molar-refractivity contribution in [1.82, 2.24) is 29.7 Å². The molecule has 1 aromatic carbocycles. The summed E-state index contributed by atoms with van der Waals surface area (Å²) in [4.78, 5) is 17.5. The van der Waals surface area contributed by atoms with E-state index < -0.39 is 18.4 Å². The topological polar surface area (TPSA) is 78.6 Å². The highest BCUT2D eigenvalue weighted by molar-refractivity contribution is 6.30. The minimum absolute atomic E-state index is 0.0132. The number of aromatic nitrogens is 6. The van der Waals surface area contributed by atoms with Crippen LogP contribution < -0.4 is 0 Å². The molecule has 4 heterocycles. The van der Waals surface area contributed by atoms with Gasteiger partial charge in [-0.05, 0) is 43.9 Å². The molecule has 192 valence electrons. The van der Waals surface area contributed by atoms with Gasteiger partial charge in [0.2, 0.25) is 0 Å². The first-order chi connectivity index (χ1) is 17.7. The zero-order chi connectivity index (χ0) is 25.7. The Labute approximate surface area is 213 Å². The lowest BCUT2D eigenvalue weighted by molar-refractivity contribution is -0.127. The number of nitrogens with zero attached hydrogens (tertiary/aromatic N) is 6. The second-order valence-electron chi connectivity index (χ2n) is 9.45. The van der Waals surface area contributed by atoms with Gasteiger partial charge >= 0.3 is 6.18 Å². The molecule has 2 atom stereocenters. The Morgan fingerprint density at radius 1 is 1.08 bits per heavy atom. The molecule has 12 heteroatoms. The zero-order valence-corrected chi connectivity index (χ0v) is 20.2. The summed E-state index contributed by atoms with van der Waals surface area (Å²) in [7, 11) is 0. The van der Waals surface area contributed by atoms with Crippen molar-refractivity contribution in [1.29, 1.82) is 0 Å². The third kappa shape index (κ3) is 5.15. The number of ether oxygens (including phenoxy) is 1. The molecular weight excluding hydrogens is 512 g/mol. The molecule has 6 rings (SSSR count). The van der Waals surface area contributed by atoms with Gasteiger partial charge in [-0.3, -0.25) is 4.68 Å². The van der Waals surface area contributed by atoms with Crippen molar-refractivity contribution in [2.45, 2.75) is 56.3 Å². The van der Waals surface area contributed by atoms with E-state index in [1.54, 1.807) is 6.20 Å². The molecule has 2 fully saturated rings. The van der Waals surface area contributed by atoms with E-state index in [1.807, 2.05) is 10.9 Å². The number of benzene rings is 1. The first-order valence-electron chi connectivity index (χ1n) is 11.9. The van der Waals surface area contributed by atoms with Crippen molar-refractivity contribution in [2.24, 2.45) is 0 Å². The minimum Gasteiger partial charge on any atom is -0.373 e. The van der Waals surface area contributed by atoms with Gasteiger partial charge in [-0.1, -0.05) is 11.6 Å². The molecule has 0 N–H and O–H groups in total. The monoisotopic (exact) mass is 532 g/mol. The zero-order valence-electron chi connectivity index (χ0n) is 19.4. The molecule has 2 aliphatic rings. The molecule has 4 aromatic rings. The molecule has 3 aromatic heterocycles. The van der Waals surface area contributed by atoms with E-state index in [0.29, 0.717) is 31.3 Å². The Morgan fingerprint density at radius 2 is 1.92 bits per heavy atom. The van der Waals surface area contributed by atoms with E-state index in [-0.39, 0.29) is 45.2 Å². The lowest BCUT2D eigenvalue weighted by Crippen LogP contribution is -2.21. The van der Waals surface area contributed by atoms with Crippen molar-refractivity contribution >= 4 is 22.8 Å². The molecule has 0 radical (unpaired) electrons. The fraction of sp³-hybridized carbons (Fsp3) is 0.400. The Hall–Kier alpha value is -3.18. The number of fused-ring (bicyclic) bond motifs is 1. The lowest BCUT2D eigenvalue weighted by Gasteiger charge is -2.28. The van der Waals surface area contributed by atoms with Crippen LogP contribution in [0.4, 0.5) is 17.6 Å². The molecule has 7 nitrogen and oxygen atoms in total. The molecule has 1 saturated heterocycles. The summed E-state index contributed by atoms with van der Waals surface area (Å²) in [5.41, 5.74) is 1.05. The van der Waals surface area contributed by atoms with Gasteiger partial charge in [0, 0.05) is 41.1 Å². The predicted octanol–water partition coefficient (Wildman–Crippen LogP) is 6.15. The molecule has 37 heavy (non-hydrogen) atoms. The van der Waals surface area contributed by atoms with E-state index in [2.05, 4.69) is 25.0 Å². The van der Waals surface area contributed by atoms with E-state index >= 15 is 0 Å². The SMILES string of the molecule is Fc1cc(Cl)ccc1-c1nc([C@@H]2CCO[C@@H](c3cnn(C4CC4)c3)C2)nc2nc(CC(F)(F)F)cnc12. The van der Waals surface area contributed by atoms with Gasteiger partial charge in [-0.2, -0.15) is 18.3 Å². The van der Waals surface area contributed by atoms with Crippen LogP contribution in [0.1, 0.15) is 60.8 Å². The lowest BCUT2D eigenvalue weighted by atomic mass is 9.92. The molecule has 0 bridgehead atoms. The Morgan fingerprint density at radius 3 is 2.68 bits per heavy atom. The van der Waals surface area contributed by atoms with Crippen LogP contribution in [0.5, 0.6) is 0 Å². The summed E-state index contributed by atoms with van der Waals surface area (Å²) >= 11 is 5.93. The van der Waals surface area contributed by atoms with Gasteiger partial charge in [0.15, 0.2) is 5.65 Å². The normalized spacial score (nSPS) is 20.5. The molecule has 0 unspecified atom stereocenters. The Kier molecular flexibility index (Phi) is 6.07. The van der Waals surface area contributed by atoms with E-state index in [4.69, 9.17) is 16.3 Å². The molecule has 0 amide bonds. The molecule has 0 spiro atoms. The second-order valence-corrected chi connectivity index (χ2v) is 9.88. The largest absolute Gasteiger partial charge is 0.394 e. The highest BCUT2D eigenvalue weighted by Gasteiger charge is 2.32. The van der Waals surface area contributed by atoms with E-state index in [9.17, 15) is 17.6 Å². The highest BCUT2D eigenvalue weighted by atomic mass is 35.5. The van der Waals surface area contributed by atoms with Crippen molar-refractivity contribution in [3.8, 4) is 11.3 Å². The van der Waals surface area contributed by atoms with Crippen molar-refractivity contribution in [3.63, 3.8) is 0 Å². The van der Waals surface area contributed by atoms with Crippen molar-refractivity contribution in [2.75, 3.05) is 6.61 Å². The molecule has 1 aliphatic heterocycles. The number of rotatable bonds is 5. The van der Waals surface area contributed by atoms with Crippen LogP contribution >= 0.6 is 11.6 Å². The second kappa shape index (κ2) is 9.29. The third-order valence-corrected chi connectivity index (χ3v) is 6.84. The average Bonchev–Trinajstić information content (AvgIpc) is 3.58. The van der Waals surface area contributed by atoms with Crippen LogP contribution in [-0.4, -0.2) is 42.5 Å². The van der Waals surface area contributed by atoms with Crippen LogP contribution in [0.2, 0.25) is 5.02 Å². The Bertz CT molecular complexity index is 1470. The highest BCUT2D eigenvalue weighted by Crippen LogP contribution is 2.40. The summed E-state index contributed by atoms with van der Waals surface area (Å²) in [5, 5.41) is 4.65. The van der Waals surface area contributed by atoms with Crippen LogP contribution in [0.15, 0.2) is 36.8 Å². The summed E-state index contributed by atoms with van der Waals surface area (Å²) < 4.78 is 61.9. The summed E-state index contributed by atoms with van der Waals surface area (Å²) in [6.45, 7) is 0.440. The van der Waals surface area contributed by atoms with Gasteiger partial charge in [0.1, 0.15) is 22.9 Å². The molecule has 1 aliphatic carbocycles. The number of alkyl halides is 3. The number of hydrogen-bond donors (Lipinski definition) is 0. The maximum Gasteiger partial charge on any atom is 0.394 e. The number of halogens is 5. The van der Waals surface area contributed by atoms with Gasteiger partial charge in [0.25, 0.3) is 0 Å². The quantitative estimate of drug-likeness (QED) is 0.287. The van der Waals surface area contributed by atoms with Gasteiger partial charge < -0.3 is 4.74 Å². The van der Waals surface area contributed by atoms with Gasteiger partial charge in [-0.25, -0.2) is 24.3 Å². The minimum atomic E-state index is -4.46. The first kappa shape index (κ1) is 24.2. The number of hydrogen-bond acceptors (Lipinski definition) is 6. The summed E-state index contributed by atoms with van der Waals surface area (Å²) in [6, 6.07) is 4.57. The van der Waals surface area contributed by atoms with Gasteiger partial charge in [-0.15, -0.1) is 0 Å².